The zero-order valence-corrected chi connectivity index (χ0v) is 10.1. The molecule has 3 nitrogen and oxygen atoms in total. The van der Waals surface area contributed by atoms with Gasteiger partial charge in [0.05, 0.1) is 12.1 Å². The standard InChI is InChI=1S/C12H22N2O/c1-6-10(4)14-11(5)12(15)13-8-7-9(2)3/h1,9-11,14H,7-8H2,2-5H3,(H,13,15). The van der Waals surface area contributed by atoms with Crippen LogP contribution in [0.2, 0.25) is 0 Å². The third-order valence-electron chi connectivity index (χ3n) is 2.16. The lowest BCUT2D eigenvalue weighted by Gasteiger charge is -2.16. The fourth-order valence-electron chi connectivity index (χ4n) is 1.14. The van der Waals surface area contributed by atoms with E-state index in [0.29, 0.717) is 5.92 Å². The summed E-state index contributed by atoms with van der Waals surface area (Å²) in [5.41, 5.74) is 0. The second kappa shape index (κ2) is 7.30. The molecule has 0 aliphatic heterocycles. The van der Waals surface area contributed by atoms with Crippen LogP contribution in [0.1, 0.15) is 34.1 Å². The summed E-state index contributed by atoms with van der Waals surface area (Å²) in [7, 11) is 0. The van der Waals surface area contributed by atoms with Crippen LogP contribution in [0.5, 0.6) is 0 Å². The molecule has 86 valence electrons. The first kappa shape index (κ1) is 14.0. The Hall–Kier alpha value is -1.01. The van der Waals surface area contributed by atoms with Gasteiger partial charge in [-0.15, -0.1) is 6.42 Å². The molecule has 1 amide bonds. The summed E-state index contributed by atoms with van der Waals surface area (Å²) in [4.78, 5) is 11.5. The van der Waals surface area contributed by atoms with Crippen molar-refractivity contribution in [3.8, 4) is 12.3 Å². The van der Waals surface area contributed by atoms with Crippen molar-refractivity contribution in [1.29, 1.82) is 0 Å². The molecule has 0 saturated heterocycles. The number of hydrogen-bond donors (Lipinski definition) is 2. The Morgan fingerprint density at radius 1 is 1.33 bits per heavy atom. The summed E-state index contributed by atoms with van der Waals surface area (Å²) in [6, 6.07) is -0.306. The predicted octanol–water partition coefficient (Wildman–Crippen LogP) is 1.15. The van der Waals surface area contributed by atoms with Gasteiger partial charge < -0.3 is 5.32 Å². The largest absolute Gasteiger partial charge is 0.355 e. The molecule has 0 aliphatic rings. The van der Waals surface area contributed by atoms with E-state index in [9.17, 15) is 4.79 Å². The van der Waals surface area contributed by atoms with Gasteiger partial charge in [-0.25, -0.2) is 0 Å². The van der Waals surface area contributed by atoms with Gasteiger partial charge in [-0.1, -0.05) is 19.8 Å². The van der Waals surface area contributed by atoms with Gasteiger partial charge in [0.25, 0.3) is 0 Å². The number of nitrogens with one attached hydrogen (secondary N) is 2. The summed E-state index contributed by atoms with van der Waals surface area (Å²) in [6.45, 7) is 8.67. The number of rotatable bonds is 6. The van der Waals surface area contributed by atoms with Crippen LogP contribution in [-0.4, -0.2) is 24.5 Å². The van der Waals surface area contributed by atoms with Crippen molar-refractivity contribution >= 4 is 5.91 Å². The van der Waals surface area contributed by atoms with E-state index in [4.69, 9.17) is 6.42 Å². The average molecular weight is 210 g/mol. The third kappa shape index (κ3) is 6.98. The lowest BCUT2D eigenvalue weighted by Crippen LogP contribution is -2.45. The van der Waals surface area contributed by atoms with Gasteiger partial charge in [0.2, 0.25) is 5.91 Å². The fraction of sp³-hybridized carbons (Fsp3) is 0.750. The van der Waals surface area contributed by atoms with Crippen LogP contribution in [-0.2, 0) is 4.79 Å². The van der Waals surface area contributed by atoms with Gasteiger partial charge in [0.15, 0.2) is 0 Å². The maximum atomic E-state index is 11.5. The highest BCUT2D eigenvalue weighted by Gasteiger charge is 2.13. The Kier molecular flexibility index (Phi) is 6.81. The molecule has 0 radical (unpaired) electrons. The van der Waals surface area contributed by atoms with Gasteiger partial charge >= 0.3 is 0 Å². The molecule has 2 unspecified atom stereocenters. The topological polar surface area (TPSA) is 41.1 Å². The van der Waals surface area contributed by atoms with Crippen LogP contribution in [0.25, 0.3) is 0 Å². The van der Waals surface area contributed by atoms with Crippen molar-refractivity contribution in [2.75, 3.05) is 6.54 Å². The molecule has 0 bridgehead atoms. The number of amides is 1. The second-order valence-electron chi connectivity index (χ2n) is 4.25. The van der Waals surface area contributed by atoms with Crippen molar-refractivity contribution in [2.24, 2.45) is 5.92 Å². The van der Waals surface area contributed by atoms with Crippen LogP contribution in [0.3, 0.4) is 0 Å². The van der Waals surface area contributed by atoms with Crippen molar-refractivity contribution in [3.05, 3.63) is 0 Å². The molecule has 2 N–H and O–H groups in total. The molecule has 0 heterocycles. The zero-order chi connectivity index (χ0) is 11.8. The Bertz CT molecular complexity index is 230. The third-order valence-corrected chi connectivity index (χ3v) is 2.16. The minimum absolute atomic E-state index is 0.0118. The highest BCUT2D eigenvalue weighted by Crippen LogP contribution is 1.96. The smallest absolute Gasteiger partial charge is 0.236 e. The Morgan fingerprint density at radius 2 is 1.93 bits per heavy atom. The molecule has 0 rings (SSSR count). The molecule has 0 fully saturated rings. The van der Waals surface area contributed by atoms with Gasteiger partial charge in [-0.2, -0.15) is 0 Å². The first-order chi connectivity index (χ1) is 6.97. The summed E-state index contributed by atoms with van der Waals surface area (Å²) in [5, 5.41) is 5.89. The molecule has 3 heteroatoms. The summed E-state index contributed by atoms with van der Waals surface area (Å²) < 4.78 is 0. The average Bonchev–Trinajstić information content (AvgIpc) is 2.16. The SMILES string of the molecule is C#CC(C)NC(C)C(=O)NCCC(C)C. The molecule has 0 aromatic carbocycles. The van der Waals surface area contributed by atoms with Gasteiger partial charge in [-0.05, 0) is 26.2 Å². The zero-order valence-electron chi connectivity index (χ0n) is 10.1. The lowest BCUT2D eigenvalue weighted by molar-refractivity contribution is -0.122. The molecule has 15 heavy (non-hydrogen) atoms. The Balaban J connectivity index is 3.75. The van der Waals surface area contributed by atoms with Crippen LogP contribution < -0.4 is 10.6 Å². The van der Waals surface area contributed by atoms with E-state index in [1.54, 1.807) is 0 Å². The second-order valence-corrected chi connectivity index (χ2v) is 4.25. The number of carbonyl (C=O) groups is 1. The summed E-state index contributed by atoms with van der Waals surface area (Å²) >= 11 is 0. The van der Waals surface area contributed by atoms with E-state index in [-0.39, 0.29) is 18.0 Å². The Labute approximate surface area is 93.0 Å². The van der Waals surface area contributed by atoms with E-state index in [0.717, 1.165) is 13.0 Å². The number of terminal acetylenes is 1. The molecule has 0 aromatic rings. The minimum atomic E-state index is -0.233. The van der Waals surface area contributed by atoms with Crippen LogP contribution in [0.4, 0.5) is 0 Å². The molecular weight excluding hydrogens is 188 g/mol. The van der Waals surface area contributed by atoms with E-state index in [1.807, 2.05) is 13.8 Å². The van der Waals surface area contributed by atoms with Gasteiger partial charge in [0, 0.05) is 6.54 Å². The summed E-state index contributed by atoms with van der Waals surface area (Å²) in [6.07, 6.45) is 6.22. The minimum Gasteiger partial charge on any atom is -0.355 e. The fourth-order valence-corrected chi connectivity index (χ4v) is 1.14. The highest BCUT2D eigenvalue weighted by atomic mass is 16.2. The maximum absolute atomic E-state index is 11.5. The van der Waals surface area contributed by atoms with Crippen LogP contribution in [0.15, 0.2) is 0 Å². The first-order valence-electron chi connectivity index (χ1n) is 5.47. The molecule has 0 aliphatic carbocycles. The molecule has 2 atom stereocenters. The van der Waals surface area contributed by atoms with Gasteiger partial charge in [-0.3, -0.25) is 10.1 Å². The molecule has 0 aromatic heterocycles. The predicted molar refractivity (Wildman–Crippen MR) is 63.4 cm³/mol. The van der Waals surface area contributed by atoms with Crippen molar-refractivity contribution in [1.82, 2.24) is 10.6 Å². The summed E-state index contributed by atoms with van der Waals surface area (Å²) in [5.74, 6) is 3.16. The number of hydrogen-bond acceptors (Lipinski definition) is 2. The van der Waals surface area contributed by atoms with Crippen molar-refractivity contribution in [2.45, 2.75) is 46.2 Å². The van der Waals surface area contributed by atoms with Crippen LogP contribution in [0, 0.1) is 18.3 Å². The molecule has 0 saturated carbocycles. The maximum Gasteiger partial charge on any atom is 0.236 e. The molecular formula is C12H22N2O. The van der Waals surface area contributed by atoms with Gasteiger partial charge in [0.1, 0.15) is 0 Å². The van der Waals surface area contributed by atoms with E-state index >= 15 is 0 Å². The van der Waals surface area contributed by atoms with E-state index in [2.05, 4.69) is 30.4 Å². The Morgan fingerprint density at radius 3 is 2.40 bits per heavy atom. The van der Waals surface area contributed by atoms with Crippen LogP contribution >= 0.6 is 0 Å². The number of carbonyl (C=O) groups excluding carboxylic acids is 1. The van der Waals surface area contributed by atoms with Crippen molar-refractivity contribution in [3.63, 3.8) is 0 Å². The van der Waals surface area contributed by atoms with E-state index in [1.165, 1.54) is 0 Å². The monoisotopic (exact) mass is 210 g/mol. The first-order valence-corrected chi connectivity index (χ1v) is 5.47. The lowest BCUT2D eigenvalue weighted by atomic mass is 10.1. The highest BCUT2D eigenvalue weighted by molar-refractivity contribution is 5.81. The quantitative estimate of drug-likeness (QED) is 0.646. The van der Waals surface area contributed by atoms with Crippen molar-refractivity contribution < 1.29 is 4.79 Å². The normalized spacial score (nSPS) is 14.4. The van der Waals surface area contributed by atoms with E-state index < -0.39 is 0 Å². The molecule has 0 spiro atoms.